The number of methoxy groups -OCH3 is 1. The molecule has 0 aliphatic rings. The lowest BCUT2D eigenvalue weighted by atomic mass is 10.1. The molecule has 1 amide bonds. The minimum absolute atomic E-state index is 0.00956. The van der Waals surface area contributed by atoms with Gasteiger partial charge in [0.1, 0.15) is 24.0 Å². The maximum atomic E-state index is 12.4. The predicted octanol–water partition coefficient (Wildman–Crippen LogP) is 4.79. The van der Waals surface area contributed by atoms with Crippen molar-refractivity contribution >= 4 is 39.4 Å². The van der Waals surface area contributed by atoms with Gasteiger partial charge in [0.05, 0.1) is 16.5 Å². The predicted molar refractivity (Wildman–Crippen MR) is 122 cm³/mol. The fourth-order valence-electron chi connectivity index (χ4n) is 2.76. The number of nitro groups is 1. The standard InChI is InChI=1S/C22H17BrN4O6/c1-13-7-20(26-33-13)25-22(28)16(11-24)8-15-9-18(23)21(19(10-15)31-2)32-12-14-3-5-17(6-4-14)27(29)30/h3-10H,12H2,1-2H3,(H,25,26,28)/b16-8-. The van der Waals surface area contributed by atoms with E-state index in [1.807, 2.05) is 6.07 Å². The number of rotatable bonds is 8. The maximum absolute atomic E-state index is 12.4. The highest BCUT2D eigenvalue weighted by molar-refractivity contribution is 9.10. The molecule has 0 bridgehead atoms. The summed E-state index contributed by atoms with van der Waals surface area (Å²) in [6.45, 7) is 1.82. The SMILES string of the molecule is COc1cc(/C=C(/C#N)C(=O)Nc2cc(C)on2)cc(Br)c1OCc1ccc([N+](=O)[O-])cc1. The molecule has 0 aliphatic carbocycles. The average Bonchev–Trinajstić information content (AvgIpc) is 3.20. The van der Waals surface area contributed by atoms with Crippen LogP contribution in [0.2, 0.25) is 0 Å². The number of nitriles is 1. The zero-order chi connectivity index (χ0) is 24.0. The van der Waals surface area contributed by atoms with Gasteiger partial charge in [0.25, 0.3) is 11.6 Å². The number of carbonyl (C=O) groups excluding carboxylic acids is 1. The van der Waals surface area contributed by atoms with E-state index in [2.05, 4.69) is 26.4 Å². The van der Waals surface area contributed by atoms with Crippen LogP contribution in [-0.2, 0) is 11.4 Å². The van der Waals surface area contributed by atoms with E-state index in [9.17, 15) is 20.2 Å². The molecule has 1 aromatic heterocycles. The third-order valence-electron chi connectivity index (χ3n) is 4.33. The summed E-state index contributed by atoms with van der Waals surface area (Å²) in [5, 5.41) is 26.4. The van der Waals surface area contributed by atoms with Crippen molar-refractivity contribution in [1.29, 1.82) is 5.26 Å². The Morgan fingerprint density at radius 1 is 1.33 bits per heavy atom. The van der Waals surface area contributed by atoms with Crippen molar-refractivity contribution in [2.24, 2.45) is 0 Å². The first-order chi connectivity index (χ1) is 15.8. The number of ether oxygens (including phenoxy) is 2. The Morgan fingerprint density at radius 2 is 2.06 bits per heavy atom. The third kappa shape index (κ3) is 5.96. The number of hydrogen-bond donors (Lipinski definition) is 1. The van der Waals surface area contributed by atoms with Gasteiger partial charge in [-0.05, 0) is 64.3 Å². The van der Waals surface area contributed by atoms with Crippen LogP contribution in [0.25, 0.3) is 6.08 Å². The number of nitro benzene ring substituents is 1. The number of aryl methyl sites for hydroxylation is 1. The minimum Gasteiger partial charge on any atom is -0.493 e. The first-order valence-electron chi connectivity index (χ1n) is 9.41. The summed E-state index contributed by atoms with van der Waals surface area (Å²) in [6.07, 6.45) is 1.40. The number of halogens is 1. The van der Waals surface area contributed by atoms with Gasteiger partial charge in [-0.15, -0.1) is 0 Å². The summed E-state index contributed by atoms with van der Waals surface area (Å²) in [7, 11) is 1.46. The topological polar surface area (TPSA) is 141 Å². The number of nitrogens with zero attached hydrogens (tertiary/aromatic N) is 3. The smallest absolute Gasteiger partial charge is 0.269 e. The zero-order valence-corrected chi connectivity index (χ0v) is 19.1. The van der Waals surface area contributed by atoms with Gasteiger partial charge in [0.2, 0.25) is 0 Å². The van der Waals surface area contributed by atoms with Gasteiger partial charge in [-0.2, -0.15) is 5.26 Å². The van der Waals surface area contributed by atoms with E-state index < -0.39 is 10.8 Å². The van der Waals surface area contributed by atoms with Crippen LogP contribution >= 0.6 is 15.9 Å². The highest BCUT2D eigenvalue weighted by Crippen LogP contribution is 2.38. The summed E-state index contributed by atoms with van der Waals surface area (Å²) < 4.78 is 16.7. The molecule has 0 saturated heterocycles. The maximum Gasteiger partial charge on any atom is 0.269 e. The van der Waals surface area contributed by atoms with E-state index in [1.165, 1.54) is 31.4 Å². The molecule has 1 N–H and O–H groups in total. The van der Waals surface area contributed by atoms with Crippen molar-refractivity contribution < 1.29 is 23.7 Å². The summed E-state index contributed by atoms with van der Waals surface area (Å²) >= 11 is 3.42. The molecule has 10 nitrogen and oxygen atoms in total. The Labute approximate surface area is 196 Å². The minimum atomic E-state index is -0.639. The summed E-state index contributed by atoms with van der Waals surface area (Å²) in [4.78, 5) is 22.7. The lowest BCUT2D eigenvalue weighted by Crippen LogP contribution is -2.13. The molecule has 0 fully saturated rings. The van der Waals surface area contributed by atoms with Crippen molar-refractivity contribution in [3.05, 3.63) is 79.5 Å². The summed E-state index contributed by atoms with van der Waals surface area (Å²) in [5.74, 6) is 0.842. The van der Waals surface area contributed by atoms with Crippen LogP contribution in [-0.4, -0.2) is 23.1 Å². The summed E-state index contributed by atoms with van der Waals surface area (Å²) in [6, 6.07) is 12.7. The van der Waals surface area contributed by atoms with Crippen LogP contribution in [0.15, 0.2) is 57.0 Å². The monoisotopic (exact) mass is 512 g/mol. The molecular formula is C22H17BrN4O6. The number of amides is 1. The number of non-ortho nitro benzene ring substituents is 1. The van der Waals surface area contributed by atoms with Gasteiger partial charge >= 0.3 is 0 Å². The van der Waals surface area contributed by atoms with E-state index >= 15 is 0 Å². The van der Waals surface area contributed by atoms with Gasteiger partial charge in [-0.1, -0.05) is 5.16 Å². The second-order valence-electron chi connectivity index (χ2n) is 6.69. The van der Waals surface area contributed by atoms with Crippen LogP contribution in [0.4, 0.5) is 11.5 Å². The van der Waals surface area contributed by atoms with Gasteiger partial charge in [-0.3, -0.25) is 14.9 Å². The number of nitrogens with one attached hydrogen (secondary N) is 1. The van der Waals surface area contributed by atoms with E-state index in [0.29, 0.717) is 27.3 Å². The first-order valence-corrected chi connectivity index (χ1v) is 10.2. The molecule has 33 heavy (non-hydrogen) atoms. The quantitative estimate of drug-likeness (QED) is 0.196. The first kappa shape index (κ1) is 23.5. The molecule has 0 unspecified atom stereocenters. The molecule has 0 saturated carbocycles. The lowest BCUT2D eigenvalue weighted by Gasteiger charge is -2.14. The van der Waals surface area contributed by atoms with Crippen molar-refractivity contribution in [1.82, 2.24) is 5.16 Å². The van der Waals surface area contributed by atoms with E-state index in [1.54, 1.807) is 31.2 Å². The zero-order valence-electron chi connectivity index (χ0n) is 17.5. The van der Waals surface area contributed by atoms with Crippen molar-refractivity contribution in [3.63, 3.8) is 0 Å². The molecular weight excluding hydrogens is 496 g/mol. The van der Waals surface area contributed by atoms with Gasteiger partial charge in [0.15, 0.2) is 17.3 Å². The van der Waals surface area contributed by atoms with Crippen molar-refractivity contribution in [2.75, 3.05) is 12.4 Å². The Kier molecular flexibility index (Phi) is 7.42. The Balaban J connectivity index is 1.79. The van der Waals surface area contributed by atoms with Crippen LogP contribution < -0.4 is 14.8 Å². The molecule has 0 aliphatic heterocycles. The Bertz CT molecular complexity index is 1260. The summed E-state index contributed by atoms with van der Waals surface area (Å²) in [5.41, 5.74) is 1.09. The molecule has 11 heteroatoms. The van der Waals surface area contributed by atoms with Crippen LogP contribution in [0.5, 0.6) is 11.5 Å². The van der Waals surface area contributed by atoms with Gasteiger partial charge in [0, 0.05) is 18.2 Å². The Hall–Kier alpha value is -4.17. The average molecular weight is 513 g/mol. The van der Waals surface area contributed by atoms with Gasteiger partial charge in [-0.25, -0.2) is 0 Å². The molecule has 3 aromatic rings. The van der Waals surface area contributed by atoms with E-state index in [4.69, 9.17) is 14.0 Å². The molecule has 0 atom stereocenters. The van der Waals surface area contributed by atoms with Crippen LogP contribution in [0.1, 0.15) is 16.9 Å². The molecule has 0 radical (unpaired) electrons. The number of aromatic nitrogens is 1. The number of carbonyl (C=O) groups is 1. The number of benzene rings is 2. The number of hydrogen-bond acceptors (Lipinski definition) is 8. The fourth-order valence-corrected chi connectivity index (χ4v) is 3.33. The van der Waals surface area contributed by atoms with Crippen LogP contribution in [0.3, 0.4) is 0 Å². The molecule has 1 heterocycles. The van der Waals surface area contributed by atoms with E-state index in [0.717, 1.165) is 5.56 Å². The lowest BCUT2D eigenvalue weighted by molar-refractivity contribution is -0.384. The second kappa shape index (κ2) is 10.4. The molecule has 168 valence electrons. The molecule has 3 rings (SSSR count). The van der Waals surface area contributed by atoms with Crippen molar-refractivity contribution in [2.45, 2.75) is 13.5 Å². The normalized spacial score (nSPS) is 10.9. The highest BCUT2D eigenvalue weighted by Gasteiger charge is 2.15. The van der Waals surface area contributed by atoms with E-state index in [-0.39, 0.29) is 23.7 Å². The number of anilines is 1. The largest absolute Gasteiger partial charge is 0.493 e. The van der Waals surface area contributed by atoms with Crippen LogP contribution in [0, 0.1) is 28.4 Å². The molecule has 0 spiro atoms. The van der Waals surface area contributed by atoms with Gasteiger partial charge < -0.3 is 19.3 Å². The molecule has 2 aromatic carbocycles. The third-order valence-corrected chi connectivity index (χ3v) is 4.92. The fraction of sp³-hybridized carbons (Fsp3) is 0.136. The highest BCUT2D eigenvalue weighted by atomic mass is 79.9. The Morgan fingerprint density at radius 3 is 2.64 bits per heavy atom. The second-order valence-corrected chi connectivity index (χ2v) is 7.55. The van der Waals surface area contributed by atoms with Crippen molar-refractivity contribution in [3.8, 4) is 17.6 Å².